The first-order valence-corrected chi connectivity index (χ1v) is 20.1. The Morgan fingerprint density at radius 3 is 1.69 bits per heavy atom. The number of anilines is 3. The number of fused-ring (bicyclic) bond motifs is 9. The highest BCUT2D eigenvalue weighted by Gasteiger charge is 2.76. The van der Waals surface area contributed by atoms with Crippen LogP contribution in [0.5, 0.6) is 0 Å². The van der Waals surface area contributed by atoms with Crippen molar-refractivity contribution in [2.24, 2.45) is 29.1 Å². The van der Waals surface area contributed by atoms with E-state index in [1.807, 2.05) is 0 Å². The molecular weight excluding hydrogens is 651 g/mol. The second-order valence-electron chi connectivity index (χ2n) is 17.0. The molecule has 0 amide bonds. The van der Waals surface area contributed by atoms with Crippen LogP contribution in [0.3, 0.4) is 0 Å². The molecular formula is C53H43N. The molecule has 0 N–H and O–H groups in total. The molecule has 1 nitrogen and oxygen atoms in total. The van der Waals surface area contributed by atoms with Crippen LogP contribution in [0, 0.1) is 29.1 Å². The molecule has 2 spiro atoms. The van der Waals surface area contributed by atoms with Crippen LogP contribution in [-0.2, 0) is 5.41 Å². The number of nitrogens with zero attached hydrogens (tertiary/aromatic N) is 1. The summed E-state index contributed by atoms with van der Waals surface area (Å²) in [5, 5.41) is 0. The smallest absolute Gasteiger partial charge is 0.0467 e. The highest BCUT2D eigenvalue weighted by Crippen LogP contribution is 2.83. The van der Waals surface area contributed by atoms with E-state index in [1.165, 1.54) is 76.6 Å². The molecule has 12 rings (SSSR count). The highest BCUT2D eigenvalue weighted by molar-refractivity contribution is 5.86. The van der Waals surface area contributed by atoms with Crippen LogP contribution in [0.15, 0.2) is 176 Å². The molecule has 1 heteroatoms. The van der Waals surface area contributed by atoms with Crippen molar-refractivity contribution < 1.29 is 0 Å². The summed E-state index contributed by atoms with van der Waals surface area (Å²) in [6.45, 7) is 0. The van der Waals surface area contributed by atoms with Crippen molar-refractivity contribution in [3.63, 3.8) is 0 Å². The van der Waals surface area contributed by atoms with Gasteiger partial charge in [-0.2, -0.15) is 0 Å². The average molecular weight is 694 g/mol. The molecule has 0 aliphatic heterocycles. The topological polar surface area (TPSA) is 3.24 Å². The minimum Gasteiger partial charge on any atom is -0.310 e. The van der Waals surface area contributed by atoms with Crippen molar-refractivity contribution in [3.8, 4) is 44.5 Å². The van der Waals surface area contributed by atoms with Crippen molar-refractivity contribution in [1.82, 2.24) is 0 Å². The van der Waals surface area contributed by atoms with E-state index in [-0.39, 0.29) is 5.41 Å². The van der Waals surface area contributed by atoms with Gasteiger partial charge in [0, 0.05) is 22.5 Å². The van der Waals surface area contributed by atoms with E-state index in [4.69, 9.17) is 0 Å². The van der Waals surface area contributed by atoms with E-state index in [9.17, 15) is 0 Å². The molecule has 0 radical (unpaired) electrons. The second-order valence-corrected chi connectivity index (χ2v) is 17.0. The van der Waals surface area contributed by atoms with E-state index in [0.717, 1.165) is 40.7 Å². The fourth-order valence-electron chi connectivity index (χ4n) is 12.8. The maximum atomic E-state index is 2.63. The van der Waals surface area contributed by atoms with Gasteiger partial charge in [-0.3, -0.25) is 0 Å². The third-order valence-corrected chi connectivity index (χ3v) is 14.8. The predicted molar refractivity (Wildman–Crippen MR) is 223 cm³/mol. The zero-order valence-electron chi connectivity index (χ0n) is 30.5. The van der Waals surface area contributed by atoms with E-state index in [0.29, 0.717) is 5.41 Å². The third-order valence-electron chi connectivity index (χ3n) is 14.8. The maximum absolute atomic E-state index is 2.63. The molecule has 54 heavy (non-hydrogen) atoms. The number of rotatable bonds is 6. The predicted octanol–water partition coefficient (Wildman–Crippen LogP) is 13.9. The van der Waals surface area contributed by atoms with Gasteiger partial charge in [0.2, 0.25) is 0 Å². The van der Waals surface area contributed by atoms with Gasteiger partial charge in [0.15, 0.2) is 0 Å². The van der Waals surface area contributed by atoms with Gasteiger partial charge in [0.1, 0.15) is 0 Å². The summed E-state index contributed by atoms with van der Waals surface area (Å²) >= 11 is 0. The molecule has 7 aromatic rings. The van der Waals surface area contributed by atoms with Gasteiger partial charge in [-0.1, -0.05) is 133 Å². The van der Waals surface area contributed by atoms with Crippen molar-refractivity contribution >= 4 is 17.1 Å². The average Bonchev–Trinajstić information content (AvgIpc) is 3.70. The first kappa shape index (κ1) is 30.8. The molecule has 6 unspecified atom stereocenters. The summed E-state index contributed by atoms with van der Waals surface area (Å²) in [5.41, 5.74) is 18.1. The second kappa shape index (κ2) is 11.4. The molecule has 4 saturated carbocycles. The van der Waals surface area contributed by atoms with E-state index >= 15 is 0 Å². The molecule has 260 valence electrons. The Morgan fingerprint density at radius 1 is 0.389 bits per heavy atom. The van der Waals surface area contributed by atoms with Crippen LogP contribution in [0.25, 0.3) is 44.5 Å². The van der Waals surface area contributed by atoms with Crippen molar-refractivity contribution in [3.05, 3.63) is 187 Å². The van der Waals surface area contributed by atoms with Crippen LogP contribution >= 0.6 is 0 Å². The summed E-state index contributed by atoms with van der Waals surface area (Å²) < 4.78 is 0. The maximum Gasteiger partial charge on any atom is 0.0467 e. The Balaban J connectivity index is 0.944. The summed E-state index contributed by atoms with van der Waals surface area (Å²) in [5.74, 6) is 3.52. The normalized spacial score (nSPS) is 26.3. The lowest BCUT2D eigenvalue weighted by molar-refractivity contribution is -0.0193. The highest BCUT2D eigenvalue weighted by atomic mass is 15.1. The first-order chi connectivity index (χ1) is 26.7. The molecule has 6 atom stereocenters. The van der Waals surface area contributed by atoms with Crippen molar-refractivity contribution in [1.29, 1.82) is 0 Å². The minimum atomic E-state index is 0.194. The monoisotopic (exact) mass is 693 g/mol. The fraction of sp³-hybridized carbons (Fsp3) is 0.208. The quantitative estimate of drug-likeness (QED) is 0.168. The standard InChI is InChI=1S/C53H43N/c1-3-10-36(11-4-1)38-18-23-44(24-19-38)54(46-15-9-14-40(30-46)37-12-5-2-6-13-37)45-25-20-39(21-26-45)41-22-27-48-47-16-7-8-17-49(47)53(50(48)31-41)43-29-35-28-42-32-51(53)52(42,33-35)34-43/h1-27,30-31,35,42-43,51H,28-29,32-34H2. The van der Waals surface area contributed by atoms with Crippen LogP contribution in [0.2, 0.25) is 0 Å². The third kappa shape index (κ3) is 4.21. The van der Waals surface area contributed by atoms with Gasteiger partial charge in [-0.25, -0.2) is 0 Å². The summed E-state index contributed by atoms with van der Waals surface area (Å²) in [7, 11) is 0. The molecule has 3 bridgehead atoms. The lowest BCUT2D eigenvalue weighted by atomic mass is 9.49. The summed E-state index contributed by atoms with van der Waals surface area (Å²) in [4.78, 5) is 2.40. The first-order valence-electron chi connectivity index (χ1n) is 20.1. The van der Waals surface area contributed by atoms with Gasteiger partial charge >= 0.3 is 0 Å². The lowest BCUT2D eigenvalue weighted by Crippen LogP contribution is -2.50. The molecule has 5 aliphatic rings. The fourth-order valence-corrected chi connectivity index (χ4v) is 12.8. The Kier molecular flexibility index (Phi) is 6.51. The van der Waals surface area contributed by atoms with Crippen LogP contribution in [0.4, 0.5) is 17.1 Å². The van der Waals surface area contributed by atoms with E-state index in [1.54, 1.807) is 11.1 Å². The van der Waals surface area contributed by atoms with Gasteiger partial charge in [0.05, 0.1) is 0 Å². The number of benzene rings is 7. The van der Waals surface area contributed by atoms with Crippen LogP contribution in [0.1, 0.15) is 43.2 Å². The molecule has 0 aromatic heterocycles. The van der Waals surface area contributed by atoms with E-state index < -0.39 is 0 Å². The zero-order chi connectivity index (χ0) is 35.4. The van der Waals surface area contributed by atoms with Crippen molar-refractivity contribution in [2.45, 2.75) is 37.5 Å². The molecule has 5 aliphatic carbocycles. The Bertz CT molecular complexity index is 2550. The summed E-state index contributed by atoms with van der Waals surface area (Å²) in [6, 6.07) is 65.7. The Hall–Kier alpha value is -5.66. The molecule has 0 heterocycles. The molecule has 4 fully saturated rings. The Morgan fingerprint density at radius 2 is 0.944 bits per heavy atom. The molecule has 7 aromatic carbocycles. The number of hydrogen-bond acceptors (Lipinski definition) is 1. The van der Waals surface area contributed by atoms with Crippen LogP contribution in [-0.4, -0.2) is 0 Å². The number of hydrogen-bond donors (Lipinski definition) is 0. The van der Waals surface area contributed by atoms with Crippen molar-refractivity contribution in [2.75, 3.05) is 4.90 Å². The molecule has 0 saturated heterocycles. The van der Waals surface area contributed by atoms with Gasteiger partial charge in [0.25, 0.3) is 0 Å². The van der Waals surface area contributed by atoms with Gasteiger partial charge < -0.3 is 4.90 Å². The largest absolute Gasteiger partial charge is 0.310 e. The van der Waals surface area contributed by atoms with Gasteiger partial charge in [-0.15, -0.1) is 0 Å². The van der Waals surface area contributed by atoms with E-state index in [2.05, 4.69) is 181 Å². The van der Waals surface area contributed by atoms with Crippen LogP contribution < -0.4 is 4.90 Å². The minimum absolute atomic E-state index is 0.194. The zero-order valence-corrected chi connectivity index (χ0v) is 30.5. The van der Waals surface area contributed by atoms with Gasteiger partial charge in [-0.05, 0) is 159 Å². The summed E-state index contributed by atoms with van der Waals surface area (Å²) in [6.07, 6.45) is 7.33. The SMILES string of the molecule is c1ccc(-c2ccc(N(c3ccc(-c4ccc5c(c4)C4(c6ccccc6-5)C5CC6CC7CC4C7(C6)C5)cc3)c3cccc(-c4ccccc4)c3)cc2)cc1. The lowest BCUT2D eigenvalue weighted by Gasteiger charge is -2.54. The Labute approximate surface area is 319 Å².